The zero-order valence-corrected chi connectivity index (χ0v) is 9.18. The second-order valence-electron chi connectivity index (χ2n) is 4.48. The summed E-state index contributed by atoms with van der Waals surface area (Å²) in [6.45, 7) is 4.49. The van der Waals surface area contributed by atoms with Gasteiger partial charge in [0.05, 0.1) is 5.60 Å². The van der Waals surface area contributed by atoms with E-state index in [9.17, 15) is 0 Å². The fourth-order valence-electron chi connectivity index (χ4n) is 2.07. The second kappa shape index (κ2) is 4.43. The molecule has 2 N–H and O–H groups in total. The van der Waals surface area contributed by atoms with E-state index in [1.54, 1.807) is 7.11 Å². The van der Waals surface area contributed by atoms with E-state index >= 15 is 0 Å². The van der Waals surface area contributed by atoms with Gasteiger partial charge >= 0.3 is 0 Å². The molecule has 0 aromatic carbocycles. The van der Waals surface area contributed by atoms with Crippen LogP contribution < -0.4 is 5.73 Å². The van der Waals surface area contributed by atoms with Crippen molar-refractivity contribution in [2.45, 2.75) is 57.6 Å². The van der Waals surface area contributed by atoms with Crippen LogP contribution in [-0.4, -0.2) is 18.8 Å². The summed E-state index contributed by atoms with van der Waals surface area (Å²) in [6.07, 6.45) is 5.90. The molecule has 0 radical (unpaired) electrons. The van der Waals surface area contributed by atoms with Gasteiger partial charge in [-0.1, -0.05) is 20.3 Å². The van der Waals surface area contributed by atoms with Crippen molar-refractivity contribution in [2.24, 2.45) is 11.7 Å². The fraction of sp³-hybridized carbons (Fsp3) is 1.00. The third-order valence-corrected chi connectivity index (χ3v) is 3.64. The molecule has 2 heteroatoms. The molecule has 1 rings (SSSR count). The van der Waals surface area contributed by atoms with E-state index in [2.05, 4.69) is 13.8 Å². The van der Waals surface area contributed by atoms with Crippen LogP contribution in [0.1, 0.15) is 46.0 Å². The molecule has 0 aromatic heterocycles. The van der Waals surface area contributed by atoms with Crippen LogP contribution in [-0.2, 0) is 4.74 Å². The lowest BCUT2D eigenvalue weighted by Gasteiger charge is -2.45. The van der Waals surface area contributed by atoms with Crippen LogP contribution >= 0.6 is 0 Å². The zero-order chi connectivity index (χ0) is 9.90. The van der Waals surface area contributed by atoms with E-state index < -0.39 is 0 Å². The van der Waals surface area contributed by atoms with Crippen LogP contribution in [0.3, 0.4) is 0 Å². The van der Waals surface area contributed by atoms with Gasteiger partial charge in [-0.25, -0.2) is 0 Å². The highest BCUT2D eigenvalue weighted by molar-refractivity contribution is 4.98. The van der Waals surface area contributed by atoms with Crippen molar-refractivity contribution in [3.05, 3.63) is 0 Å². The molecule has 78 valence electrons. The van der Waals surface area contributed by atoms with Crippen molar-refractivity contribution in [2.75, 3.05) is 7.11 Å². The van der Waals surface area contributed by atoms with E-state index in [0.717, 1.165) is 25.2 Å². The van der Waals surface area contributed by atoms with Gasteiger partial charge in [0.15, 0.2) is 0 Å². The van der Waals surface area contributed by atoms with Gasteiger partial charge in [0, 0.05) is 13.2 Å². The molecule has 0 saturated heterocycles. The lowest BCUT2D eigenvalue weighted by atomic mass is 9.72. The number of rotatable bonds is 5. The van der Waals surface area contributed by atoms with E-state index in [1.807, 2.05) is 0 Å². The normalized spacial score (nSPS) is 24.9. The first-order chi connectivity index (χ1) is 6.14. The molecule has 1 fully saturated rings. The first-order valence-electron chi connectivity index (χ1n) is 5.45. The number of hydrogen-bond donors (Lipinski definition) is 1. The predicted molar refractivity (Wildman–Crippen MR) is 55.6 cm³/mol. The molecule has 2 atom stereocenters. The minimum atomic E-state index is 0.0312. The molecule has 2 unspecified atom stereocenters. The molecule has 0 aliphatic heterocycles. The van der Waals surface area contributed by atoms with E-state index in [0.29, 0.717) is 0 Å². The highest BCUT2D eigenvalue weighted by atomic mass is 16.5. The molecule has 0 spiro atoms. The minimum Gasteiger partial charge on any atom is -0.377 e. The standard InChI is InChI=1S/C11H23NO/c1-4-9(2)8-10(12)11(13-3)6-5-7-11/h9-10H,4-8,12H2,1-3H3. The summed E-state index contributed by atoms with van der Waals surface area (Å²) in [5.41, 5.74) is 6.21. The Bertz CT molecular complexity index is 149. The van der Waals surface area contributed by atoms with Gasteiger partial charge in [-0.2, -0.15) is 0 Å². The van der Waals surface area contributed by atoms with Crippen LogP contribution in [0, 0.1) is 5.92 Å². The van der Waals surface area contributed by atoms with Crippen molar-refractivity contribution >= 4 is 0 Å². The molecule has 0 amide bonds. The smallest absolute Gasteiger partial charge is 0.0829 e. The van der Waals surface area contributed by atoms with Gasteiger partial charge in [0.2, 0.25) is 0 Å². The molecular weight excluding hydrogens is 162 g/mol. The summed E-state index contributed by atoms with van der Waals surface area (Å²) < 4.78 is 5.56. The number of nitrogens with two attached hydrogens (primary N) is 1. The largest absolute Gasteiger partial charge is 0.377 e. The Labute approximate surface area is 81.8 Å². The number of hydrogen-bond acceptors (Lipinski definition) is 2. The van der Waals surface area contributed by atoms with Crippen molar-refractivity contribution in [1.29, 1.82) is 0 Å². The Kier molecular flexibility index (Phi) is 3.74. The topological polar surface area (TPSA) is 35.2 Å². The molecule has 0 aromatic rings. The molecule has 2 nitrogen and oxygen atoms in total. The highest BCUT2D eigenvalue weighted by Crippen LogP contribution is 2.39. The van der Waals surface area contributed by atoms with Crippen molar-refractivity contribution in [3.63, 3.8) is 0 Å². The van der Waals surface area contributed by atoms with E-state index in [1.165, 1.54) is 12.8 Å². The second-order valence-corrected chi connectivity index (χ2v) is 4.48. The van der Waals surface area contributed by atoms with E-state index in [4.69, 9.17) is 10.5 Å². The summed E-state index contributed by atoms with van der Waals surface area (Å²) in [5, 5.41) is 0. The Hall–Kier alpha value is -0.0800. The number of methoxy groups -OCH3 is 1. The van der Waals surface area contributed by atoms with Crippen LogP contribution in [0.25, 0.3) is 0 Å². The Morgan fingerprint density at radius 3 is 2.38 bits per heavy atom. The Morgan fingerprint density at radius 2 is 2.08 bits per heavy atom. The summed E-state index contributed by atoms with van der Waals surface area (Å²) in [6, 6.07) is 0.237. The van der Waals surface area contributed by atoms with Crippen LogP contribution in [0.4, 0.5) is 0 Å². The predicted octanol–water partition coefficient (Wildman–Crippen LogP) is 2.32. The monoisotopic (exact) mass is 185 g/mol. The summed E-state index contributed by atoms with van der Waals surface area (Å²) >= 11 is 0. The third-order valence-electron chi connectivity index (χ3n) is 3.64. The van der Waals surface area contributed by atoms with Crippen molar-refractivity contribution < 1.29 is 4.74 Å². The summed E-state index contributed by atoms with van der Waals surface area (Å²) in [7, 11) is 1.80. The van der Waals surface area contributed by atoms with Gasteiger partial charge in [0.25, 0.3) is 0 Å². The van der Waals surface area contributed by atoms with Crippen LogP contribution in [0.5, 0.6) is 0 Å². The summed E-state index contributed by atoms with van der Waals surface area (Å²) in [5.74, 6) is 0.725. The molecular formula is C11H23NO. The van der Waals surface area contributed by atoms with Gasteiger partial charge in [-0.15, -0.1) is 0 Å². The molecule has 0 bridgehead atoms. The first kappa shape index (κ1) is 11.0. The minimum absolute atomic E-state index is 0.0312. The van der Waals surface area contributed by atoms with Gasteiger partial charge in [-0.3, -0.25) is 0 Å². The molecule has 0 heterocycles. The maximum absolute atomic E-state index is 6.18. The Balaban J connectivity index is 2.40. The number of ether oxygens (including phenoxy) is 1. The summed E-state index contributed by atoms with van der Waals surface area (Å²) in [4.78, 5) is 0. The fourth-order valence-corrected chi connectivity index (χ4v) is 2.07. The van der Waals surface area contributed by atoms with Gasteiger partial charge < -0.3 is 10.5 Å². The maximum atomic E-state index is 6.18. The van der Waals surface area contributed by atoms with Crippen LogP contribution in [0.15, 0.2) is 0 Å². The maximum Gasteiger partial charge on any atom is 0.0829 e. The molecule has 13 heavy (non-hydrogen) atoms. The first-order valence-corrected chi connectivity index (χ1v) is 5.45. The quantitative estimate of drug-likeness (QED) is 0.713. The Morgan fingerprint density at radius 1 is 1.46 bits per heavy atom. The lowest BCUT2D eigenvalue weighted by molar-refractivity contribution is -0.0937. The zero-order valence-electron chi connectivity index (χ0n) is 9.18. The van der Waals surface area contributed by atoms with Gasteiger partial charge in [-0.05, 0) is 31.6 Å². The van der Waals surface area contributed by atoms with Crippen molar-refractivity contribution in [3.8, 4) is 0 Å². The van der Waals surface area contributed by atoms with Crippen LogP contribution in [0.2, 0.25) is 0 Å². The van der Waals surface area contributed by atoms with E-state index in [-0.39, 0.29) is 11.6 Å². The molecule has 1 aliphatic rings. The SMILES string of the molecule is CCC(C)CC(N)C1(OC)CCC1. The van der Waals surface area contributed by atoms with Gasteiger partial charge in [0.1, 0.15) is 0 Å². The lowest BCUT2D eigenvalue weighted by Crippen LogP contribution is -2.54. The molecule has 1 saturated carbocycles. The highest BCUT2D eigenvalue weighted by Gasteiger charge is 2.42. The average molecular weight is 185 g/mol. The molecule has 1 aliphatic carbocycles. The average Bonchev–Trinajstić information content (AvgIpc) is 2.03. The van der Waals surface area contributed by atoms with Crippen molar-refractivity contribution in [1.82, 2.24) is 0 Å². The third kappa shape index (κ3) is 2.23.